The highest BCUT2D eigenvalue weighted by Crippen LogP contribution is 2.43. The van der Waals surface area contributed by atoms with Gasteiger partial charge in [0, 0.05) is 49.9 Å². The number of carbonyl (C=O) groups excluding carboxylic acids is 1. The fourth-order valence-corrected chi connectivity index (χ4v) is 5.23. The summed E-state index contributed by atoms with van der Waals surface area (Å²) in [6.45, 7) is 3.06. The molecule has 2 heterocycles. The Morgan fingerprint density at radius 2 is 2.00 bits per heavy atom. The Morgan fingerprint density at radius 3 is 2.70 bits per heavy atom. The van der Waals surface area contributed by atoms with Crippen molar-refractivity contribution in [3.63, 3.8) is 0 Å². The molecule has 0 saturated heterocycles. The van der Waals surface area contributed by atoms with E-state index in [1.54, 1.807) is 18.4 Å². The molecule has 0 bridgehead atoms. The molecule has 2 N–H and O–H groups in total. The largest absolute Gasteiger partial charge is 0.356 e. The SMILES string of the molecule is CN=C(NCCC(=O)N1CCc2sccc2C1)NCC1(c2ccccc2)CCC1.I. The minimum Gasteiger partial charge on any atom is -0.356 e. The predicted octanol–water partition coefficient (Wildman–Crippen LogP) is 3.93. The van der Waals surface area contributed by atoms with Gasteiger partial charge in [-0.15, -0.1) is 35.3 Å². The molecule has 4 rings (SSSR count). The maximum absolute atomic E-state index is 12.6. The summed E-state index contributed by atoms with van der Waals surface area (Å²) in [5.74, 6) is 0.989. The van der Waals surface area contributed by atoms with Crippen LogP contribution in [0.15, 0.2) is 46.8 Å². The van der Waals surface area contributed by atoms with E-state index in [0.29, 0.717) is 13.0 Å². The number of fused-ring (bicyclic) bond motifs is 1. The Balaban J connectivity index is 0.00000256. The molecular formula is C23H31IN4OS. The van der Waals surface area contributed by atoms with Gasteiger partial charge in [-0.3, -0.25) is 9.79 Å². The quantitative estimate of drug-likeness (QED) is 0.333. The van der Waals surface area contributed by atoms with Crippen molar-refractivity contribution in [1.29, 1.82) is 0 Å². The maximum atomic E-state index is 12.6. The molecule has 2 aliphatic rings. The minimum atomic E-state index is 0. The van der Waals surface area contributed by atoms with Gasteiger partial charge in [0.25, 0.3) is 0 Å². The first-order valence-electron chi connectivity index (χ1n) is 10.5. The summed E-state index contributed by atoms with van der Waals surface area (Å²) < 4.78 is 0. The fraction of sp³-hybridized carbons (Fsp3) is 0.478. The van der Waals surface area contributed by atoms with Crippen molar-refractivity contribution in [2.45, 2.75) is 44.1 Å². The lowest BCUT2D eigenvalue weighted by Crippen LogP contribution is -2.49. The highest BCUT2D eigenvalue weighted by atomic mass is 127. The van der Waals surface area contributed by atoms with E-state index >= 15 is 0 Å². The second-order valence-electron chi connectivity index (χ2n) is 8.04. The van der Waals surface area contributed by atoms with E-state index in [-0.39, 0.29) is 35.3 Å². The van der Waals surface area contributed by atoms with Crippen molar-refractivity contribution in [2.75, 3.05) is 26.7 Å². The minimum absolute atomic E-state index is 0. The third-order valence-corrected chi connectivity index (χ3v) is 7.33. The predicted molar refractivity (Wildman–Crippen MR) is 135 cm³/mol. The molecule has 5 nitrogen and oxygen atoms in total. The molecular weight excluding hydrogens is 507 g/mol. The summed E-state index contributed by atoms with van der Waals surface area (Å²) in [7, 11) is 1.79. The maximum Gasteiger partial charge on any atom is 0.224 e. The van der Waals surface area contributed by atoms with Gasteiger partial charge in [0.2, 0.25) is 5.91 Å². The van der Waals surface area contributed by atoms with Gasteiger partial charge < -0.3 is 15.5 Å². The molecule has 2 aromatic rings. The Morgan fingerprint density at radius 1 is 1.20 bits per heavy atom. The third kappa shape index (κ3) is 5.17. The van der Waals surface area contributed by atoms with Gasteiger partial charge >= 0.3 is 0 Å². The summed E-state index contributed by atoms with van der Waals surface area (Å²) in [6, 6.07) is 12.9. The molecule has 1 amide bonds. The lowest BCUT2D eigenvalue weighted by Gasteiger charge is -2.43. The van der Waals surface area contributed by atoms with E-state index in [1.165, 1.54) is 35.3 Å². The van der Waals surface area contributed by atoms with Crippen LogP contribution >= 0.6 is 35.3 Å². The van der Waals surface area contributed by atoms with E-state index in [2.05, 4.69) is 57.4 Å². The summed E-state index contributed by atoms with van der Waals surface area (Å²) in [4.78, 5) is 20.3. The molecule has 162 valence electrons. The van der Waals surface area contributed by atoms with E-state index in [4.69, 9.17) is 0 Å². The van der Waals surface area contributed by atoms with Crippen molar-refractivity contribution in [3.8, 4) is 0 Å². The summed E-state index contributed by atoms with van der Waals surface area (Å²) in [5, 5.41) is 8.93. The van der Waals surface area contributed by atoms with Crippen LogP contribution in [0.25, 0.3) is 0 Å². The second kappa shape index (κ2) is 10.6. The Bertz CT molecular complexity index is 863. The van der Waals surface area contributed by atoms with Crippen LogP contribution in [0.4, 0.5) is 0 Å². The molecule has 0 atom stereocenters. The number of amides is 1. The number of aliphatic imine (C=N–C) groups is 1. The summed E-state index contributed by atoms with van der Waals surface area (Å²) in [6.07, 6.45) is 5.16. The van der Waals surface area contributed by atoms with Gasteiger partial charge in [0.1, 0.15) is 0 Å². The lowest BCUT2D eigenvalue weighted by atomic mass is 9.64. The van der Waals surface area contributed by atoms with Crippen LogP contribution in [0.5, 0.6) is 0 Å². The van der Waals surface area contributed by atoms with Crippen LogP contribution in [-0.2, 0) is 23.2 Å². The van der Waals surface area contributed by atoms with Crippen LogP contribution in [-0.4, -0.2) is 43.4 Å². The van der Waals surface area contributed by atoms with Crippen LogP contribution in [0.2, 0.25) is 0 Å². The number of benzene rings is 1. The number of hydrogen-bond donors (Lipinski definition) is 2. The molecule has 1 aliphatic carbocycles. The van der Waals surface area contributed by atoms with E-state index in [1.807, 2.05) is 4.90 Å². The zero-order chi connectivity index (χ0) is 20.1. The van der Waals surface area contributed by atoms with Gasteiger partial charge in [-0.25, -0.2) is 0 Å². The zero-order valence-corrected chi connectivity index (χ0v) is 20.7. The number of nitrogens with one attached hydrogen (secondary N) is 2. The number of thiophene rings is 1. The fourth-order valence-electron chi connectivity index (χ4n) is 4.34. The monoisotopic (exact) mass is 538 g/mol. The Kier molecular flexibility index (Phi) is 8.16. The van der Waals surface area contributed by atoms with Gasteiger partial charge in [0.15, 0.2) is 5.96 Å². The van der Waals surface area contributed by atoms with E-state index in [0.717, 1.165) is 32.0 Å². The van der Waals surface area contributed by atoms with Gasteiger partial charge in [0.05, 0.1) is 0 Å². The zero-order valence-electron chi connectivity index (χ0n) is 17.5. The lowest BCUT2D eigenvalue weighted by molar-refractivity contribution is -0.131. The van der Waals surface area contributed by atoms with Gasteiger partial charge in [-0.05, 0) is 41.8 Å². The first-order valence-corrected chi connectivity index (χ1v) is 11.4. The van der Waals surface area contributed by atoms with Crippen molar-refractivity contribution in [3.05, 3.63) is 57.8 Å². The van der Waals surface area contributed by atoms with Crippen LogP contribution in [0.3, 0.4) is 0 Å². The molecule has 1 aromatic heterocycles. The molecule has 1 aliphatic heterocycles. The molecule has 1 fully saturated rings. The topological polar surface area (TPSA) is 56.7 Å². The van der Waals surface area contributed by atoms with Crippen LogP contribution < -0.4 is 10.6 Å². The van der Waals surface area contributed by atoms with Gasteiger partial charge in [-0.2, -0.15) is 0 Å². The molecule has 0 radical (unpaired) electrons. The number of rotatable bonds is 6. The second-order valence-corrected chi connectivity index (χ2v) is 9.04. The average molecular weight is 538 g/mol. The first-order chi connectivity index (χ1) is 14.2. The Labute approximate surface area is 200 Å². The van der Waals surface area contributed by atoms with Gasteiger partial charge in [-0.1, -0.05) is 36.8 Å². The van der Waals surface area contributed by atoms with Crippen LogP contribution in [0, 0.1) is 0 Å². The van der Waals surface area contributed by atoms with Crippen molar-refractivity contribution >= 4 is 47.2 Å². The van der Waals surface area contributed by atoms with Crippen molar-refractivity contribution < 1.29 is 4.79 Å². The highest BCUT2D eigenvalue weighted by molar-refractivity contribution is 14.0. The first kappa shape index (κ1) is 23.1. The number of hydrogen-bond acceptors (Lipinski definition) is 3. The normalized spacial score (nSPS) is 17.4. The number of halogens is 1. The molecule has 1 saturated carbocycles. The Hall–Kier alpha value is -1.61. The number of nitrogens with zero attached hydrogens (tertiary/aromatic N) is 2. The summed E-state index contributed by atoms with van der Waals surface area (Å²) in [5.41, 5.74) is 2.93. The highest BCUT2D eigenvalue weighted by Gasteiger charge is 2.38. The smallest absolute Gasteiger partial charge is 0.224 e. The molecule has 0 unspecified atom stereocenters. The van der Waals surface area contributed by atoms with Crippen molar-refractivity contribution in [2.24, 2.45) is 4.99 Å². The van der Waals surface area contributed by atoms with Crippen molar-refractivity contribution in [1.82, 2.24) is 15.5 Å². The number of carbonyl (C=O) groups is 1. The third-order valence-electron chi connectivity index (χ3n) is 6.31. The van der Waals surface area contributed by atoms with E-state index in [9.17, 15) is 4.79 Å². The summed E-state index contributed by atoms with van der Waals surface area (Å²) >= 11 is 1.80. The molecule has 0 spiro atoms. The van der Waals surface area contributed by atoms with E-state index < -0.39 is 0 Å². The average Bonchev–Trinajstić information content (AvgIpc) is 3.20. The number of guanidine groups is 1. The molecule has 1 aromatic carbocycles. The molecule has 30 heavy (non-hydrogen) atoms. The standard InChI is InChI=1S/C23H30N4OS.HI/c1-24-22(26-17-23(11-5-12-23)19-6-3-2-4-7-19)25-13-8-21(28)27-14-9-20-18(16-27)10-15-29-20;/h2-4,6-7,10,15H,5,8-9,11-14,16-17H2,1H3,(H2,24,25,26);1H. The molecule has 7 heteroatoms. The van der Waals surface area contributed by atoms with Crippen LogP contribution in [0.1, 0.15) is 41.7 Å².